The third-order valence-electron chi connectivity index (χ3n) is 7.12. The van der Waals surface area contributed by atoms with Crippen molar-refractivity contribution >= 4 is 11.8 Å². The van der Waals surface area contributed by atoms with Crippen molar-refractivity contribution in [3.63, 3.8) is 0 Å². The summed E-state index contributed by atoms with van der Waals surface area (Å²) in [5.41, 5.74) is 1.10. The lowest BCUT2D eigenvalue weighted by atomic mass is 9.75. The number of amides is 2. The van der Waals surface area contributed by atoms with E-state index < -0.39 is 0 Å². The molecule has 188 valence electrons. The van der Waals surface area contributed by atoms with Gasteiger partial charge >= 0.3 is 0 Å². The predicted molar refractivity (Wildman–Crippen MR) is 132 cm³/mol. The van der Waals surface area contributed by atoms with Crippen LogP contribution in [0.3, 0.4) is 0 Å². The molecule has 1 aromatic carbocycles. The van der Waals surface area contributed by atoms with E-state index in [4.69, 9.17) is 14.2 Å². The van der Waals surface area contributed by atoms with Crippen LogP contribution < -0.4 is 9.47 Å². The number of aromatic nitrogens is 1. The quantitative estimate of drug-likeness (QED) is 0.651. The van der Waals surface area contributed by atoms with Crippen molar-refractivity contribution in [2.45, 2.75) is 32.1 Å². The van der Waals surface area contributed by atoms with Crippen LogP contribution in [0, 0.1) is 5.41 Å². The normalized spacial score (nSPS) is 19.4. The fourth-order valence-electron chi connectivity index (χ4n) is 4.80. The van der Waals surface area contributed by atoms with Crippen LogP contribution in [0.15, 0.2) is 42.6 Å². The van der Waals surface area contributed by atoms with Crippen LogP contribution in [0.2, 0.25) is 0 Å². The average molecular weight is 482 g/mol. The molecule has 4 rings (SSSR count). The second kappa shape index (κ2) is 11.5. The van der Waals surface area contributed by atoms with E-state index in [0.717, 1.165) is 32.1 Å². The van der Waals surface area contributed by atoms with Gasteiger partial charge in [-0.25, -0.2) is 4.98 Å². The summed E-state index contributed by atoms with van der Waals surface area (Å²) in [6, 6.07) is 10.9. The van der Waals surface area contributed by atoms with E-state index in [-0.39, 0.29) is 17.2 Å². The van der Waals surface area contributed by atoms with E-state index in [1.165, 1.54) is 0 Å². The van der Waals surface area contributed by atoms with Crippen molar-refractivity contribution in [1.82, 2.24) is 14.8 Å². The van der Waals surface area contributed by atoms with Crippen LogP contribution >= 0.6 is 0 Å². The first-order chi connectivity index (χ1) is 17.0. The van der Waals surface area contributed by atoms with Crippen molar-refractivity contribution in [2.75, 3.05) is 53.6 Å². The van der Waals surface area contributed by atoms with Crippen molar-refractivity contribution in [3.8, 4) is 11.6 Å². The number of carbonyl (C=O) groups is 2. The molecule has 1 fully saturated rings. The van der Waals surface area contributed by atoms with Gasteiger partial charge in [-0.05, 0) is 43.9 Å². The lowest BCUT2D eigenvalue weighted by Gasteiger charge is -2.42. The summed E-state index contributed by atoms with van der Waals surface area (Å²) in [6.45, 7) is 3.59. The van der Waals surface area contributed by atoms with Crippen LogP contribution in [0.25, 0.3) is 0 Å². The summed E-state index contributed by atoms with van der Waals surface area (Å²) in [5, 5.41) is 0. The number of pyridine rings is 1. The molecule has 3 heterocycles. The van der Waals surface area contributed by atoms with Gasteiger partial charge in [0, 0.05) is 56.5 Å². The van der Waals surface area contributed by atoms with Crippen molar-refractivity contribution in [2.24, 2.45) is 5.41 Å². The standard InChI is InChI=1S/C27H35N3O5/c1-29-16-18-34-17-6-5-10-27(20-35-23-8-4-3-7-22(23)26(29)32)11-14-30(15-12-27)25(31)21-9-13-28-24(19-21)33-2/h3-4,7-9,13,19H,5-6,10-12,14-18,20H2,1-2H3. The Kier molecular flexibility index (Phi) is 8.23. The molecule has 1 saturated heterocycles. The molecule has 0 aliphatic carbocycles. The van der Waals surface area contributed by atoms with Gasteiger partial charge in [0.15, 0.2) is 0 Å². The maximum Gasteiger partial charge on any atom is 0.257 e. The van der Waals surface area contributed by atoms with E-state index in [0.29, 0.717) is 62.2 Å². The van der Waals surface area contributed by atoms with Gasteiger partial charge < -0.3 is 24.0 Å². The Morgan fingerprint density at radius 3 is 2.66 bits per heavy atom. The fourth-order valence-corrected chi connectivity index (χ4v) is 4.80. The maximum absolute atomic E-state index is 13.1. The van der Waals surface area contributed by atoms with Crippen LogP contribution in [0.4, 0.5) is 0 Å². The summed E-state index contributed by atoms with van der Waals surface area (Å²) >= 11 is 0. The predicted octanol–water partition coefficient (Wildman–Crippen LogP) is 3.66. The lowest BCUT2D eigenvalue weighted by Crippen LogP contribution is -2.45. The van der Waals surface area contributed by atoms with Gasteiger partial charge in [-0.2, -0.15) is 0 Å². The first-order valence-corrected chi connectivity index (χ1v) is 12.4. The summed E-state index contributed by atoms with van der Waals surface area (Å²) in [7, 11) is 3.34. The number of likely N-dealkylation sites (N-methyl/N-ethyl adjacent to an activating group) is 1. The van der Waals surface area contributed by atoms with Gasteiger partial charge in [-0.15, -0.1) is 0 Å². The first-order valence-electron chi connectivity index (χ1n) is 12.4. The zero-order chi connectivity index (χ0) is 24.7. The van der Waals surface area contributed by atoms with Gasteiger partial charge in [0.1, 0.15) is 5.75 Å². The van der Waals surface area contributed by atoms with Gasteiger partial charge in [-0.1, -0.05) is 18.6 Å². The number of carbonyl (C=O) groups excluding carboxylic acids is 2. The van der Waals surface area contributed by atoms with Crippen molar-refractivity contribution in [3.05, 3.63) is 53.7 Å². The van der Waals surface area contributed by atoms with Gasteiger partial charge in [0.2, 0.25) is 5.88 Å². The van der Waals surface area contributed by atoms with E-state index in [1.807, 2.05) is 29.2 Å². The van der Waals surface area contributed by atoms with Crippen molar-refractivity contribution in [1.29, 1.82) is 0 Å². The summed E-state index contributed by atoms with van der Waals surface area (Å²) in [4.78, 5) is 33.8. The Labute approximate surface area is 207 Å². The third kappa shape index (κ3) is 6.11. The third-order valence-corrected chi connectivity index (χ3v) is 7.12. The monoisotopic (exact) mass is 481 g/mol. The Morgan fingerprint density at radius 1 is 1.06 bits per heavy atom. The molecule has 2 aliphatic heterocycles. The van der Waals surface area contributed by atoms with E-state index in [9.17, 15) is 9.59 Å². The highest BCUT2D eigenvalue weighted by Gasteiger charge is 2.37. The number of likely N-dealkylation sites (tertiary alicyclic amines) is 1. The van der Waals surface area contributed by atoms with E-state index in [2.05, 4.69) is 4.98 Å². The molecule has 0 atom stereocenters. The number of ether oxygens (including phenoxy) is 3. The molecule has 0 saturated carbocycles. The van der Waals surface area contributed by atoms with E-state index >= 15 is 0 Å². The number of para-hydroxylation sites is 1. The van der Waals surface area contributed by atoms with Crippen molar-refractivity contribution < 1.29 is 23.8 Å². The number of methoxy groups -OCH3 is 1. The van der Waals surface area contributed by atoms with Crippen LogP contribution in [0.1, 0.15) is 52.8 Å². The lowest BCUT2D eigenvalue weighted by molar-refractivity contribution is 0.0328. The number of nitrogens with zero attached hydrogens (tertiary/aromatic N) is 3. The summed E-state index contributed by atoms with van der Waals surface area (Å²) < 4.78 is 17.3. The van der Waals surface area contributed by atoms with E-state index in [1.54, 1.807) is 37.4 Å². The average Bonchev–Trinajstić information content (AvgIpc) is 2.90. The van der Waals surface area contributed by atoms with Gasteiger partial charge in [0.25, 0.3) is 11.8 Å². The zero-order valence-corrected chi connectivity index (χ0v) is 20.7. The number of fused-ring (bicyclic) bond motifs is 1. The molecule has 0 N–H and O–H groups in total. The molecule has 2 aliphatic rings. The molecule has 8 heteroatoms. The molecular formula is C27H35N3O5. The minimum absolute atomic E-state index is 0.00487. The van der Waals surface area contributed by atoms with Crippen LogP contribution in [-0.2, 0) is 4.74 Å². The highest BCUT2D eigenvalue weighted by Crippen LogP contribution is 2.38. The highest BCUT2D eigenvalue weighted by atomic mass is 16.5. The number of benzene rings is 1. The number of rotatable bonds is 2. The fraction of sp³-hybridized carbons (Fsp3) is 0.519. The second-order valence-electron chi connectivity index (χ2n) is 9.46. The molecule has 0 radical (unpaired) electrons. The Hall–Kier alpha value is -3.13. The highest BCUT2D eigenvalue weighted by molar-refractivity contribution is 5.96. The van der Waals surface area contributed by atoms with Crippen LogP contribution in [-0.4, -0.2) is 80.2 Å². The number of piperidine rings is 1. The molecule has 2 aromatic rings. The molecule has 1 spiro atoms. The Morgan fingerprint density at radius 2 is 1.86 bits per heavy atom. The SMILES string of the molecule is COc1cc(C(=O)N2CCC3(CCCCOCCN(C)C(=O)c4ccccc4OC3)CC2)ccn1. The Balaban J connectivity index is 1.48. The second-order valence-corrected chi connectivity index (χ2v) is 9.46. The minimum atomic E-state index is -0.0662. The maximum atomic E-state index is 13.1. The first kappa shape index (κ1) is 25.0. The topological polar surface area (TPSA) is 81.2 Å². The smallest absolute Gasteiger partial charge is 0.257 e. The molecule has 0 unspecified atom stereocenters. The minimum Gasteiger partial charge on any atom is -0.492 e. The summed E-state index contributed by atoms with van der Waals surface area (Å²) in [6.07, 6.45) is 6.29. The number of hydrogen-bond donors (Lipinski definition) is 0. The van der Waals surface area contributed by atoms with Gasteiger partial charge in [0.05, 0.1) is 25.9 Å². The Bertz CT molecular complexity index is 1020. The molecular weight excluding hydrogens is 446 g/mol. The largest absolute Gasteiger partial charge is 0.492 e. The molecule has 8 nitrogen and oxygen atoms in total. The molecule has 35 heavy (non-hydrogen) atoms. The summed E-state index contributed by atoms with van der Waals surface area (Å²) in [5.74, 6) is 0.979. The number of hydrogen-bond acceptors (Lipinski definition) is 6. The van der Waals surface area contributed by atoms with Gasteiger partial charge in [-0.3, -0.25) is 9.59 Å². The molecule has 1 aromatic heterocycles. The molecule has 2 amide bonds. The molecule has 0 bridgehead atoms. The van der Waals surface area contributed by atoms with Crippen LogP contribution in [0.5, 0.6) is 11.6 Å². The zero-order valence-electron chi connectivity index (χ0n) is 20.7.